The van der Waals surface area contributed by atoms with Gasteiger partial charge in [0.25, 0.3) is 0 Å². The monoisotopic (exact) mass is 327 g/mol. The first-order chi connectivity index (χ1) is 9.01. The molecule has 0 fully saturated rings. The molecule has 0 aliphatic carbocycles. The van der Waals surface area contributed by atoms with Gasteiger partial charge in [-0.05, 0) is 44.5 Å². The molecule has 0 unspecified atom stereocenters. The fourth-order valence-corrected chi connectivity index (χ4v) is 1.91. The summed E-state index contributed by atoms with van der Waals surface area (Å²) in [6.07, 6.45) is 1.62. The Morgan fingerprint density at radius 1 is 1.32 bits per heavy atom. The summed E-state index contributed by atoms with van der Waals surface area (Å²) in [5, 5.41) is 0. The first-order valence-corrected chi connectivity index (χ1v) is 6.86. The van der Waals surface area contributed by atoms with Gasteiger partial charge in [-0.25, -0.2) is 4.79 Å². The Morgan fingerprint density at radius 3 is 2.53 bits per heavy atom. The first kappa shape index (κ1) is 15.6. The summed E-state index contributed by atoms with van der Waals surface area (Å²) in [5.74, 6) is -0.319. The van der Waals surface area contributed by atoms with E-state index >= 15 is 0 Å². The lowest BCUT2D eigenvalue weighted by Gasteiger charge is -2.11. The Kier molecular flexibility index (Phi) is 5.89. The maximum atomic E-state index is 11.8. The number of ether oxygens (including phenoxy) is 2. The number of anilines is 1. The van der Waals surface area contributed by atoms with Crippen molar-refractivity contribution >= 4 is 33.7 Å². The molecule has 1 aromatic rings. The van der Waals surface area contributed by atoms with Crippen LogP contribution in [0.5, 0.6) is 0 Å². The van der Waals surface area contributed by atoms with Crippen LogP contribution in [-0.2, 0) is 14.3 Å². The van der Waals surface area contributed by atoms with E-state index in [-0.39, 0.29) is 5.76 Å². The third-order valence-electron chi connectivity index (χ3n) is 2.53. The number of hydrogen-bond acceptors (Lipinski definition) is 4. The van der Waals surface area contributed by atoms with Crippen LogP contribution in [0.3, 0.4) is 0 Å². The van der Waals surface area contributed by atoms with E-state index in [0.29, 0.717) is 18.9 Å². The van der Waals surface area contributed by atoms with Gasteiger partial charge in [0.1, 0.15) is 0 Å². The summed E-state index contributed by atoms with van der Waals surface area (Å²) in [5.41, 5.74) is 8.22. The number of benzene rings is 1. The minimum absolute atomic E-state index is 0.164. The normalized spacial score (nSPS) is 11.3. The van der Waals surface area contributed by atoms with E-state index in [4.69, 9.17) is 15.2 Å². The molecule has 1 rings (SSSR count). The Morgan fingerprint density at radius 2 is 1.95 bits per heavy atom. The van der Waals surface area contributed by atoms with Crippen molar-refractivity contribution in [2.75, 3.05) is 18.9 Å². The summed E-state index contributed by atoms with van der Waals surface area (Å²) >= 11 is 3.44. The van der Waals surface area contributed by atoms with Gasteiger partial charge in [-0.1, -0.05) is 15.9 Å². The molecule has 1 aromatic carbocycles. The molecule has 2 N–H and O–H groups in total. The predicted octanol–water partition coefficient (Wildman–Crippen LogP) is 3.28. The van der Waals surface area contributed by atoms with Crippen molar-refractivity contribution in [1.29, 1.82) is 0 Å². The predicted molar refractivity (Wildman–Crippen MR) is 79.5 cm³/mol. The zero-order chi connectivity index (χ0) is 14.4. The van der Waals surface area contributed by atoms with Crippen LogP contribution in [0.1, 0.15) is 25.0 Å². The van der Waals surface area contributed by atoms with Gasteiger partial charge in [0.15, 0.2) is 0 Å². The quantitative estimate of drug-likeness (QED) is 0.390. The second-order valence-corrected chi connectivity index (χ2v) is 4.69. The summed E-state index contributed by atoms with van der Waals surface area (Å²) < 4.78 is 11.2. The van der Waals surface area contributed by atoms with Crippen molar-refractivity contribution in [2.24, 2.45) is 0 Å². The minimum atomic E-state index is -0.483. The van der Waals surface area contributed by atoms with Gasteiger partial charge in [-0.15, -0.1) is 0 Å². The number of rotatable bonds is 5. The highest BCUT2D eigenvalue weighted by Gasteiger charge is 2.14. The molecule has 4 nitrogen and oxygen atoms in total. The molecule has 0 aromatic heterocycles. The molecule has 104 valence electrons. The van der Waals surface area contributed by atoms with Crippen molar-refractivity contribution in [3.63, 3.8) is 0 Å². The van der Waals surface area contributed by atoms with E-state index in [1.807, 2.05) is 19.9 Å². The lowest BCUT2D eigenvalue weighted by molar-refractivity contribution is -0.142. The second-order valence-electron chi connectivity index (χ2n) is 3.84. The largest absolute Gasteiger partial charge is 0.487 e. The van der Waals surface area contributed by atoms with Crippen molar-refractivity contribution in [3.8, 4) is 0 Å². The minimum Gasteiger partial charge on any atom is -0.487 e. The van der Waals surface area contributed by atoms with Crippen LogP contribution in [0.2, 0.25) is 0 Å². The lowest BCUT2D eigenvalue weighted by atomic mass is 10.1. The third-order valence-corrected chi connectivity index (χ3v) is 3.39. The number of nitrogens with two attached hydrogens (primary N) is 1. The molecule has 0 radical (unpaired) electrons. The molecular weight excluding hydrogens is 310 g/mol. The fraction of sp³-hybridized carbons (Fsp3) is 0.357. The molecule has 0 atom stereocenters. The van der Waals surface area contributed by atoms with Crippen LogP contribution in [0.15, 0.2) is 22.4 Å². The molecule has 0 aliphatic rings. The van der Waals surface area contributed by atoms with Gasteiger partial charge in [-0.3, -0.25) is 0 Å². The number of hydrogen-bond donors (Lipinski definition) is 1. The van der Waals surface area contributed by atoms with Crippen LogP contribution in [0.4, 0.5) is 5.69 Å². The van der Waals surface area contributed by atoms with Crippen molar-refractivity contribution in [3.05, 3.63) is 33.5 Å². The molecule has 0 saturated heterocycles. The highest BCUT2D eigenvalue weighted by atomic mass is 79.9. The molecule has 0 heterocycles. The van der Waals surface area contributed by atoms with Gasteiger partial charge in [0, 0.05) is 15.7 Å². The maximum absolute atomic E-state index is 11.8. The van der Waals surface area contributed by atoms with Crippen LogP contribution in [0.25, 0.3) is 6.08 Å². The number of nitrogen functional groups attached to an aromatic ring is 1. The van der Waals surface area contributed by atoms with Gasteiger partial charge >= 0.3 is 5.97 Å². The summed E-state index contributed by atoms with van der Waals surface area (Å²) in [4.78, 5) is 11.8. The average molecular weight is 328 g/mol. The zero-order valence-electron chi connectivity index (χ0n) is 11.3. The van der Waals surface area contributed by atoms with Crippen LogP contribution in [0, 0.1) is 6.92 Å². The van der Waals surface area contributed by atoms with E-state index in [1.54, 1.807) is 19.1 Å². The smallest absolute Gasteiger partial charge is 0.373 e. The van der Waals surface area contributed by atoms with Crippen LogP contribution < -0.4 is 5.73 Å². The molecule has 5 heteroatoms. The zero-order valence-corrected chi connectivity index (χ0v) is 12.9. The van der Waals surface area contributed by atoms with Gasteiger partial charge in [0.05, 0.1) is 13.2 Å². The van der Waals surface area contributed by atoms with E-state index in [9.17, 15) is 4.79 Å². The molecule has 0 spiro atoms. The molecule has 0 saturated carbocycles. The summed E-state index contributed by atoms with van der Waals surface area (Å²) in [6, 6.07) is 3.64. The number of carbonyl (C=O) groups excluding carboxylic acids is 1. The SMILES string of the molecule is CCOC(=O)/C(=C/c1c(N)ccc(Br)c1C)OCC. The first-order valence-electron chi connectivity index (χ1n) is 6.07. The summed E-state index contributed by atoms with van der Waals surface area (Å²) in [7, 11) is 0. The molecular formula is C14H18BrNO3. The van der Waals surface area contributed by atoms with Crippen LogP contribution in [-0.4, -0.2) is 19.2 Å². The fourth-order valence-electron chi connectivity index (χ4n) is 1.56. The van der Waals surface area contributed by atoms with Crippen LogP contribution >= 0.6 is 15.9 Å². The molecule has 19 heavy (non-hydrogen) atoms. The number of carbonyl (C=O) groups is 1. The van der Waals surface area contributed by atoms with E-state index < -0.39 is 5.97 Å². The van der Waals surface area contributed by atoms with Gasteiger partial charge < -0.3 is 15.2 Å². The van der Waals surface area contributed by atoms with Gasteiger partial charge in [-0.2, -0.15) is 0 Å². The van der Waals surface area contributed by atoms with E-state index in [2.05, 4.69) is 15.9 Å². The van der Waals surface area contributed by atoms with Crippen molar-refractivity contribution in [2.45, 2.75) is 20.8 Å². The lowest BCUT2D eigenvalue weighted by Crippen LogP contribution is -2.11. The maximum Gasteiger partial charge on any atom is 0.373 e. The van der Waals surface area contributed by atoms with Gasteiger partial charge in [0.2, 0.25) is 5.76 Å². The highest BCUT2D eigenvalue weighted by Crippen LogP contribution is 2.27. The molecule has 0 bridgehead atoms. The van der Waals surface area contributed by atoms with E-state index in [0.717, 1.165) is 15.6 Å². The standard InChI is InChI=1S/C14H18BrNO3/c1-4-18-13(14(17)19-5-2)8-10-9(3)11(15)6-7-12(10)16/h6-8H,4-5,16H2,1-3H3/b13-8-. The van der Waals surface area contributed by atoms with E-state index in [1.165, 1.54) is 0 Å². The Balaban J connectivity index is 3.22. The Hall–Kier alpha value is -1.49. The summed E-state index contributed by atoms with van der Waals surface area (Å²) in [6.45, 7) is 6.17. The topological polar surface area (TPSA) is 61.5 Å². The Labute approximate surface area is 121 Å². The second kappa shape index (κ2) is 7.19. The number of halogens is 1. The van der Waals surface area contributed by atoms with Crippen molar-refractivity contribution in [1.82, 2.24) is 0 Å². The van der Waals surface area contributed by atoms with Crippen molar-refractivity contribution < 1.29 is 14.3 Å². The third kappa shape index (κ3) is 3.99. The average Bonchev–Trinajstić information content (AvgIpc) is 2.38. The number of esters is 1. The molecule has 0 amide bonds. The molecule has 0 aliphatic heterocycles. The Bertz CT molecular complexity index is 498. The highest BCUT2D eigenvalue weighted by molar-refractivity contribution is 9.10.